The van der Waals surface area contributed by atoms with Crippen molar-refractivity contribution in [3.05, 3.63) is 59.4 Å². The smallest absolute Gasteiger partial charge is 0.414 e. The third-order valence-electron chi connectivity index (χ3n) is 6.43. The fraction of sp³-hybridized carbons (Fsp3) is 0.417. The van der Waals surface area contributed by atoms with Gasteiger partial charge in [-0.2, -0.15) is 0 Å². The fourth-order valence-corrected chi connectivity index (χ4v) is 5.15. The Balaban J connectivity index is 1.33. The Bertz CT molecular complexity index is 1200. The standard InChI is InChI=1S/C24H29FN4O4S2/c1-16(34)27-13-20-15-29(24(30)33-20)19-4-7-22(23(25)12-19)18-8-10-28(11-9-18)14-17-2-5-21(6-3-17)35(26,31)32/h2-7,12,18,20H,8-11,13-15H2,1H3,(H,27,34)(H2,26,31,32). The zero-order valence-electron chi connectivity index (χ0n) is 19.4. The van der Waals surface area contributed by atoms with Crippen molar-refractivity contribution in [2.75, 3.05) is 31.1 Å². The highest BCUT2D eigenvalue weighted by Crippen LogP contribution is 2.33. The van der Waals surface area contributed by atoms with Crippen LogP contribution in [0, 0.1) is 5.82 Å². The van der Waals surface area contributed by atoms with E-state index in [0.29, 0.717) is 35.9 Å². The molecule has 2 saturated heterocycles. The summed E-state index contributed by atoms with van der Waals surface area (Å²) in [4.78, 5) is 16.7. The number of nitrogens with one attached hydrogen (secondary N) is 1. The molecule has 0 spiro atoms. The molecule has 2 aliphatic heterocycles. The monoisotopic (exact) mass is 520 g/mol. The molecule has 3 N–H and O–H groups in total. The number of rotatable bonds is 7. The predicted molar refractivity (Wildman–Crippen MR) is 135 cm³/mol. The number of halogens is 1. The molecule has 2 aliphatic rings. The number of likely N-dealkylation sites (tertiary alicyclic amines) is 1. The second kappa shape index (κ2) is 10.6. The Kier molecular flexibility index (Phi) is 7.70. The number of primary sulfonamides is 1. The van der Waals surface area contributed by atoms with E-state index in [-0.39, 0.29) is 22.7 Å². The lowest BCUT2D eigenvalue weighted by Gasteiger charge is -2.32. The van der Waals surface area contributed by atoms with E-state index >= 15 is 4.39 Å². The van der Waals surface area contributed by atoms with Crippen LogP contribution in [0.5, 0.6) is 0 Å². The number of ether oxygens (including phenoxy) is 1. The number of amides is 1. The molecule has 0 saturated carbocycles. The van der Waals surface area contributed by atoms with E-state index in [2.05, 4.69) is 10.2 Å². The van der Waals surface area contributed by atoms with E-state index in [4.69, 9.17) is 22.1 Å². The molecule has 0 aromatic heterocycles. The van der Waals surface area contributed by atoms with Crippen LogP contribution in [0.2, 0.25) is 0 Å². The minimum Gasteiger partial charge on any atom is -0.442 e. The molecule has 0 bridgehead atoms. The number of cyclic esters (lactones) is 1. The molecule has 8 nitrogen and oxygen atoms in total. The van der Waals surface area contributed by atoms with Gasteiger partial charge in [-0.1, -0.05) is 30.4 Å². The molecule has 0 radical (unpaired) electrons. The van der Waals surface area contributed by atoms with Gasteiger partial charge in [0.1, 0.15) is 11.9 Å². The Morgan fingerprint density at radius 2 is 1.89 bits per heavy atom. The fourth-order valence-electron chi connectivity index (χ4n) is 4.56. The lowest BCUT2D eigenvalue weighted by molar-refractivity contribution is 0.143. The van der Waals surface area contributed by atoms with Crippen LogP contribution in [-0.2, 0) is 21.3 Å². The minimum absolute atomic E-state index is 0.0955. The maximum absolute atomic E-state index is 15.1. The maximum Gasteiger partial charge on any atom is 0.414 e. The van der Waals surface area contributed by atoms with Crippen LogP contribution < -0.4 is 15.4 Å². The number of nitrogens with zero attached hydrogens (tertiary/aromatic N) is 2. The number of hydrogen-bond donors (Lipinski definition) is 2. The van der Waals surface area contributed by atoms with Gasteiger partial charge in [0.2, 0.25) is 10.0 Å². The zero-order valence-corrected chi connectivity index (χ0v) is 21.1. The number of thiocarbonyl (C=S) groups is 1. The van der Waals surface area contributed by atoms with Crippen molar-refractivity contribution >= 4 is 39.0 Å². The lowest BCUT2D eigenvalue weighted by atomic mass is 9.88. The van der Waals surface area contributed by atoms with E-state index in [1.165, 1.54) is 23.1 Å². The number of piperidine rings is 1. The first-order chi connectivity index (χ1) is 16.6. The van der Waals surface area contributed by atoms with Crippen LogP contribution in [0.1, 0.15) is 36.8 Å². The molecule has 2 heterocycles. The van der Waals surface area contributed by atoms with Gasteiger partial charge in [0.25, 0.3) is 0 Å². The Morgan fingerprint density at radius 3 is 2.49 bits per heavy atom. The molecule has 1 atom stereocenters. The van der Waals surface area contributed by atoms with Crippen LogP contribution in [0.25, 0.3) is 0 Å². The quantitative estimate of drug-likeness (QED) is 0.541. The van der Waals surface area contributed by atoms with E-state index in [9.17, 15) is 13.2 Å². The highest BCUT2D eigenvalue weighted by atomic mass is 32.2. The average molecular weight is 521 g/mol. The summed E-state index contributed by atoms with van der Waals surface area (Å²) in [6, 6.07) is 11.5. The predicted octanol–water partition coefficient (Wildman–Crippen LogP) is 3.11. The first-order valence-corrected chi connectivity index (χ1v) is 13.4. The van der Waals surface area contributed by atoms with Crippen LogP contribution >= 0.6 is 12.2 Å². The largest absolute Gasteiger partial charge is 0.442 e. The molecule has 4 rings (SSSR count). The molecule has 0 aliphatic carbocycles. The van der Waals surface area contributed by atoms with Gasteiger partial charge in [-0.25, -0.2) is 22.7 Å². The lowest BCUT2D eigenvalue weighted by Crippen LogP contribution is -2.33. The topological polar surface area (TPSA) is 105 Å². The summed E-state index contributed by atoms with van der Waals surface area (Å²) in [5.41, 5.74) is 2.14. The van der Waals surface area contributed by atoms with Gasteiger partial charge in [-0.3, -0.25) is 9.80 Å². The molecule has 11 heteroatoms. The number of sulfonamides is 1. The average Bonchev–Trinajstić information content (AvgIpc) is 3.18. The van der Waals surface area contributed by atoms with E-state index in [1.807, 2.05) is 0 Å². The summed E-state index contributed by atoms with van der Waals surface area (Å²) in [5.74, 6) is -0.221. The van der Waals surface area contributed by atoms with Gasteiger partial charge in [-0.05, 0) is 74.2 Å². The van der Waals surface area contributed by atoms with Gasteiger partial charge in [0.05, 0.1) is 28.7 Å². The Morgan fingerprint density at radius 1 is 1.20 bits per heavy atom. The maximum atomic E-state index is 15.1. The van der Waals surface area contributed by atoms with Crippen LogP contribution in [0.3, 0.4) is 0 Å². The molecule has 188 valence electrons. The van der Waals surface area contributed by atoms with Crippen LogP contribution in [-0.4, -0.2) is 56.7 Å². The first-order valence-electron chi connectivity index (χ1n) is 11.5. The number of carbonyl (C=O) groups is 1. The number of nitrogens with two attached hydrogens (primary N) is 1. The molecular formula is C24H29FN4O4S2. The zero-order chi connectivity index (χ0) is 25.2. The van der Waals surface area contributed by atoms with Crippen molar-refractivity contribution in [3.8, 4) is 0 Å². The SMILES string of the molecule is CC(=S)NCC1CN(c2ccc(C3CCN(Cc4ccc(S(N)(=O)=O)cc4)CC3)c(F)c2)C(=O)O1. The van der Waals surface area contributed by atoms with Gasteiger partial charge >= 0.3 is 6.09 Å². The molecule has 1 amide bonds. The summed E-state index contributed by atoms with van der Waals surface area (Å²) in [5, 5.41) is 8.14. The highest BCUT2D eigenvalue weighted by molar-refractivity contribution is 7.89. The Labute approximate surface area is 210 Å². The van der Waals surface area contributed by atoms with E-state index in [0.717, 1.165) is 31.5 Å². The van der Waals surface area contributed by atoms with Crippen molar-refractivity contribution in [2.45, 2.75) is 43.2 Å². The molecule has 2 fully saturated rings. The van der Waals surface area contributed by atoms with Crippen molar-refractivity contribution < 1.29 is 22.3 Å². The number of anilines is 1. The summed E-state index contributed by atoms with van der Waals surface area (Å²) >= 11 is 4.99. The van der Waals surface area contributed by atoms with Gasteiger partial charge in [0, 0.05) is 6.54 Å². The number of hydrogen-bond acceptors (Lipinski definition) is 6. The highest BCUT2D eigenvalue weighted by Gasteiger charge is 2.33. The first kappa shape index (κ1) is 25.5. The second-order valence-electron chi connectivity index (χ2n) is 9.00. The summed E-state index contributed by atoms with van der Waals surface area (Å²) < 4.78 is 43.2. The van der Waals surface area contributed by atoms with Gasteiger partial charge < -0.3 is 10.1 Å². The molecule has 1 unspecified atom stereocenters. The normalized spacial score (nSPS) is 19.6. The summed E-state index contributed by atoms with van der Waals surface area (Å²) in [6.07, 6.45) is 0.781. The molecule has 2 aromatic carbocycles. The second-order valence-corrected chi connectivity index (χ2v) is 11.2. The third-order valence-corrected chi connectivity index (χ3v) is 7.51. The van der Waals surface area contributed by atoms with Crippen LogP contribution in [0.4, 0.5) is 14.9 Å². The van der Waals surface area contributed by atoms with Crippen molar-refractivity contribution in [3.63, 3.8) is 0 Å². The number of benzene rings is 2. The van der Waals surface area contributed by atoms with E-state index < -0.39 is 16.1 Å². The number of carbonyl (C=O) groups excluding carboxylic acids is 1. The van der Waals surface area contributed by atoms with Crippen molar-refractivity contribution in [1.29, 1.82) is 0 Å². The summed E-state index contributed by atoms with van der Waals surface area (Å²) in [7, 11) is -3.70. The van der Waals surface area contributed by atoms with E-state index in [1.54, 1.807) is 31.2 Å². The molecular weight excluding hydrogens is 491 g/mol. The molecule has 2 aromatic rings. The van der Waals surface area contributed by atoms with Crippen molar-refractivity contribution in [1.82, 2.24) is 10.2 Å². The molecule has 35 heavy (non-hydrogen) atoms. The van der Waals surface area contributed by atoms with Crippen LogP contribution in [0.15, 0.2) is 47.4 Å². The summed E-state index contributed by atoms with van der Waals surface area (Å²) in [6.45, 7) is 4.81. The van der Waals surface area contributed by atoms with Gasteiger partial charge in [-0.15, -0.1) is 0 Å². The Hall–Kier alpha value is -2.60. The third kappa shape index (κ3) is 6.35. The van der Waals surface area contributed by atoms with Crippen molar-refractivity contribution in [2.24, 2.45) is 5.14 Å². The van der Waals surface area contributed by atoms with Gasteiger partial charge in [0.15, 0.2) is 0 Å². The minimum atomic E-state index is -3.70.